The van der Waals surface area contributed by atoms with Crippen LogP contribution >= 0.6 is 35.6 Å². The van der Waals surface area contributed by atoms with Gasteiger partial charge in [-0.2, -0.15) is 13.2 Å². The fraction of sp³-hybridized carbons (Fsp3) is 0.375. The molecule has 0 aliphatic carbocycles. The number of pyridine rings is 1. The van der Waals surface area contributed by atoms with E-state index >= 15 is 0 Å². The largest absolute Gasteiger partial charge is 0.390 e. The summed E-state index contributed by atoms with van der Waals surface area (Å²) in [5.41, 5.74) is 5.48. The van der Waals surface area contributed by atoms with E-state index in [1.54, 1.807) is 0 Å². The number of alkyl halides is 3. The van der Waals surface area contributed by atoms with E-state index in [1.807, 2.05) is 0 Å². The molecule has 2 N–H and O–H groups in total. The van der Waals surface area contributed by atoms with E-state index in [9.17, 15) is 13.2 Å². The molecule has 2 nitrogen and oxygen atoms in total. The maximum Gasteiger partial charge on any atom is 0.390 e. The van der Waals surface area contributed by atoms with Crippen molar-refractivity contribution in [2.75, 3.05) is 0 Å². The van der Waals surface area contributed by atoms with Crippen LogP contribution in [0.3, 0.4) is 0 Å². The highest BCUT2D eigenvalue weighted by Crippen LogP contribution is 2.30. The smallest absolute Gasteiger partial charge is 0.324 e. The van der Waals surface area contributed by atoms with Crippen LogP contribution in [0.2, 0.25) is 10.3 Å². The topological polar surface area (TPSA) is 38.9 Å². The van der Waals surface area contributed by atoms with Gasteiger partial charge in [-0.25, -0.2) is 4.98 Å². The second kappa shape index (κ2) is 5.91. The zero-order valence-corrected chi connectivity index (χ0v) is 10.1. The molecule has 1 aromatic heterocycles. The highest BCUT2D eigenvalue weighted by molar-refractivity contribution is 6.32. The fourth-order valence-corrected chi connectivity index (χ4v) is 1.54. The number of hydrogen-bond acceptors (Lipinski definition) is 2. The van der Waals surface area contributed by atoms with Crippen molar-refractivity contribution in [3.63, 3.8) is 0 Å². The summed E-state index contributed by atoms with van der Waals surface area (Å²) in [4.78, 5) is 3.61. The molecule has 0 saturated carbocycles. The monoisotopic (exact) mass is 294 g/mol. The van der Waals surface area contributed by atoms with Crippen LogP contribution < -0.4 is 5.73 Å². The quantitative estimate of drug-likeness (QED) is 0.844. The third kappa shape index (κ3) is 4.74. The predicted molar refractivity (Wildman–Crippen MR) is 59.1 cm³/mol. The molecule has 0 saturated heterocycles. The van der Waals surface area contributed by atoms with Crippen molar-refractivity contribution in [1.29, 1.82) is 0 Å². The van der Waals surface area contributed by atoms with Crippen LogP contribution in [-0.2, 0) is 0 Å². The summed E-state index contributed by atoms with van der Waals surface area (Å²) in [5, 5.41) is 0.0159. The number of nitrogens with two attached hydrogens (primary N) is 1. The Labute approximate surface area is 106 Å². The summed E-state index contributed by atoms with van der Waals surface area (Å²) in [6, 6.07) is 1.47. The van der Waals surface area contributed by atoms with Crippen molar-refractivity contribution in [3.05, 3.63) is 28.0 Å². The number of hydrogen-bond donors (Lipinski definition) is 1. The molecule has 16 heavy (non-hydrogen) atoms. The van der Waals surface area contributed by atoms with Crippen LogP contribution in [0.5, 0.6) is 0 Å². The van der Waals surface area contributed by atoms with E-state index in [0.717, 1.165) is 0 Å². The maximum atomic E-state index is 12.0. The van der Waals surface area contributed by atoms with E-state index in [1.165, 1.54) is 12.1 Å². The standard InChI is InChI=1S/C8H7Cl2F3N2.ClH/c9-6-2-1-4(7(10)15-6)5(14)3-8(11,12)13;/h1-2,5H,3,14H2;1H/t5-;/m0./s1. The van der Waals surface area contributed by atoms with Gasteiger partial charge in [0.25, 0.3) is 0 Å². The average Bonchev–Trinajstić information content (AvgIpc) is 1.99. The van der Waals surface area contributed by atoms with Gasteiger partial charge < -0.3 is 5.73 Å². The Morgan fingerprint density at radius 2 is 1.88 bits per heavy atom. The van der Waals surface area contributed by atoms with Crippen molar-refractivity contribution in [2.45, 2.75) is 18.6 Å². The van der Waals surface area contributed by atoms with Crippen molar-refractivity contribution >= 4 is 35.6 Å². The molecule has 0 fully saturated rings. The van der Waals surface area contributed by atoms with Gasteiger partial charge in [0.2, 0.25) is 0 Å². The zero-order valence-electron chi connectivity index (χ0n) is 7.76. The van der Waals surface area contributed by atoms with Gasteiger partial charge in [-0.1, -0.05) is 29.3 Å². The molecule has 1 aromatic rings. The summed E-state index contributed by atoms with van der Waals surface area (Å²) in [6.07, 6.45) is -5.47. The molecule has 0 aliphatic heterocycles. The molecule has 8 heteroatoms. The average molecular weight is 296 g/mol. The lowest BCUT2D eigenvalue weighted by Gasteiger charge is -2.15. The second-order valence-electron chi connectivity index (χ2n) is 2.94. The van der Waals surface area contributed by atoms with Gasteiger partial charge in [0.1, 0.15) is 10.3 Å². The lowest BCUT2D eigenvalue weighted by Crippen LogP contribution is -2.20. The van der Waals surface area contributed by atoms with Crippen LogP contribution in [0.25, 0.3) is 0 Å². The molecule has 0 unspecified atom stereocenters. The lowest BCUT2D eigenvalue weighted by atomic mass is 10.1. The zero-order chi connectivity index (χ0) is 11.6. The molecule has 92 valence electrons. The molecule has 0 bridgehead atoms. The minimum atomic E-state index is -4.33. The fourth-order valence-electron chi connectivity index (χ4n) is 1.06. The van der Waals surface area contributed by atoms with Gasteiger partial charge >= 0.3 is 6.18 Å². The van der Waals surface area contributed by atoms with E-state index in [2.05, 4.69) is 4.98 Å². The Hall–Kier alpha value is -0.230. The van der Waals surface area contributed by atoms with Crippen molar-refractivity contribution < 1.29 is 13.2 Å². The number of nitrogens with zero attached hydrogens (tertiary/aromatic N) is 1. The minimum Gasteiger partial charge on any atom is -0.324 e. The molecule has 0 spiro atoms. The van der Waals surface area contributed by atoms with Gasteiger partial charge in [-0.05, 0) is 6.07 Å². The molecular formula is C8H8Cl3F3N2. The minimum absolute atomic E-state index is 0. The Balaban J connectivity index is 0.00000225. The summed E-state index contributed by atoms with van der Waals surface area (Å²) in [6.45, 7) is 0. The van der Waals surface area contributed by atoms with E-state index < -0.39 is 18.6 Å². The van der Waals surface area contributed by atoms with E-state index in [4.69, 9.17) is 28.9 Å². The first-order valence-electron chi connectivity index (χ1n) is 3.94. The molecule has 0 aliphatic rings. The molecule has 0 radical (unpaired) electrons. The van der Waals surface area contributed by atoms with Crippen LogP contribution in [0.4, 0.5) is 13.2 Å². The molecule has 1 rings (SSSR count). The predicted octanol–water partition coefficient (Wildman–Crippen LogP) is 3.76. The maximum absolute atomic E-state index is 12.0. The second-order valence-corrected chi connectivity index (χ2v) is 3.69. The summed E-state index contributed by atoms with van der Waals surface area (Å²) >= 11 is 11.1. The molecule has 0 aromatic carbocycles. The summed E-state index contributed by atoms with van der Waals surface area (Å²) in [5.74, 6) is 0. The van der Waals surface area contributed by atoms with Gasteiger partial charge in [-0.3, -0.25) is 0 Å². The van der Waals surface area contributed by atoms with Crippen molar-refractivity contribution in [1.82, 2.24) is 4.98 Å². The van der Waals surface area contributed by atoms with Crippen LogP contribution in [0, 0.1) is 0 Å². The summed E-state index contributed by atoms with van der Waals surface area (Å²) < 4.78 is 36.1. The van der Waals surface area contributed by atoms with E-state index in [0.29, 0.717) is 0 Å². The molecule has 0 amide bonds. The van der Waals surface area contributed by atoms with Gasteiger partial charge in [0, 0.05) is 11.6 Å². The Bertz CT molecular complexity index is 357. The summed E-state index contributed by atoms with van der Waals surface area (Å²) in [7, 11) is 0. The van der Waals surface area contributed by atoms with Crippen LogP contribution in [0.15, 0.2) is 12.1 Å². The van der Waals surface area contributed by atoms with Gasteiger partial charge in [0.15, 0.2) is 0 Å². The molecule has 1 heterocycles. The highest BCUT2D eigenvalue weighted by atomic mass is 35.5. The van der Waals surface area contributed by atoms with Crippen LogP contribution in [0.1, 0.15) is 18.0 Å². The molecular weight excluding hydrogens is 287 g/mol. The lowest BCUT2D eigenvalue weighted by molar-refractivity contribution is -0.138. The van der Waals surface area contributed by atoms with Crippen molar-refractivity contribution in [2.24, 2.45) is 5.73 Å². The SMILES string of the molecule is Cl.N[C@@H](CC(F)(F)F)c1ccc(Cl)nc1Cl. The third-order valence-electron chi connectivity index (χ3n) is 1.69. The Kier molecular flexibility index (Phi) is 5.82. The van der Waals surface area contributed by atoms with Gasteiger partial charge in [-0.15, -0.1) is 12.4 Å². The Morgan fingerprint density at radius 1 is 1.31 bits per heavy atom. The molecule has 1 atom stereocenters. The number of rotatable bonds is 2. The van der Waals surface area contributed by atoms with Crippen molar-refractivity contribution in [3.8, 4) is 0 Å². The normalized spacial score (nSPS) is 13.1. The first-order chi connectivity index (χ1) is 6.79. The first kappa shape index (κ1) is 15.8. The third-order valence-corrected chi connectivity index (χ3v) is 2.21. The van der Waals surface area contributed by atoms with E-state index in [-0.39, 0.29) is 28.3 Å². The van der Waals surface area contributed by atoms with Crippen LogP contribution in [-0.4, -0.2) is 11.2 Å². The number of halogens is 6. The Morgan fingerprint density at radius 3 is 2.31 bits per heavy atom. The highest BCUT2D eigenvalue weighted by Gasteiger charge is 2.31. The number of aromatic nitrogens is 1. The van der Waals surface area contributed by atoms with Gasteiger partial charge in [0.05, 0.1) is 6.42 Å². The first-order valence-corrected chi connectivity index (χ1v) is 4.69.